The average Bonchev–Trinajstić information content (AvgIpc) is 2.14. The fourth-order valence-electron chi connectivity index (χ4n) is 1.35. The molecule has 0 spiro atoms. The Kier molecular flexibility index (Phi) is 4.05. The largest absolute Gasteiger partial charge is 0.309 e. The van der Waals surface area contributed by atoms with Crippen molar-refractivity contribution in [2.45, 2.75) is 46.1 Å². The van der Waals surface area contributed by atoms with Gasteiger partial charge in [0.05, 0.1) is 13.8 Å². The lowest BCUT2D eigenvalue weighted by molar-refractivity contribution is 0.582. The molecule has 0 unspecified atom stereocenters. The van der Waals surface area contributed by atoms with Gasteiger partial charge in [0, 0.05) is 18.8 Å². The van der Waals surface area contributed by atoms with Crippen LogP contribution in [0, 0.1) is 0 Å². The van der Waals surface area contributed by atoms with Crippen molar-refractivity contribution in [1.82, 2.24) is 10.3 Å². The van der Waals surface area contributed by atoms with Crippen molar-refractivity contribution in [3.63, 3.8) is 0 Å². The number of nitrogens with zero attached hydrogens (tertiary/aromatic N) is 1. The molecule has 1 aromatic heterocycles. The summed E-state index contributed by atoms with van der Waals surface area (Å²) >= 11 is 0. The zero-order valence-corrected chi connectivity index (χ0v) is 11.5. The Hall–Kier alpha value is -0.673. The topological polar surface area (TPSA) is 24.9 Å². The lowest BCUT2D eigenvalue weighted by atomic mass is 10.3. The van der Waals surface area contributed by atoms with Crippen LogP contribution in [0.25, 0.3) is 0 Å². The van der Waals surface area contributed by atoms with Crippen LogP contribution < -0.4 is 10.5 Å². The predicted octanol–water partition coefficient (Wildman–Crippen LogP) is 2.12. The minimum absolute atomic E-state index is 0.516. The normalized spacial score (nSPS) is 12.1. The summed E-state index contributed by atoms with van der Waals surface area (Å²) in [5.41, 5.74) is 1.16. The molecule has 0 aliphatic rings. The quantitative estimate of drug-likeness (QED) is 0.789. The lowest BCUT2D eigenvalue weighted by Crippen LogP contribution is -2.38. The number of aromatic nitrogens is 1. The van der Waals surface area contributed by atoms with Crippen LogP contribution >= 0.6 is 0 Å². The van der Waals surface area contributed by atoms with Gasteiger partial charge < -0.3 is 5.32 Å². The molecule has 0 saturated carbocycles. The first-order valence-electron chi connectivity index (χ1n) is 5.58. The zero-order valence-electron chi connectivity index (χ0n) is 10.5. The summed E-state index contributed by atoms with van der Waals surface area (Å²) in [7, 11) is -1.19. The van der Waals surface area contributed by atoms with Crippen molar-refractivity contribution in [1.29, 1.82) is 0 Å². The Morgan fingerprint density at radius 2 is 2.00 bits per heavy atom. The summed E-state index contributed by atoms with van der Waals surface area (Å²) in [4.78, 5) is 4.38. The van der Waals surface area contributed by atoms with Gasteiger partial charge in [-0.2, -0.15) is 0 Å². The summed E-state index contributed by atoms with van der Waals surface area (Å²) in [6.07, 6.45) is 1.94. The molecular formula is C12H22N2Si. The SMILES string of the molecule is CC(C)NCc1cc([Si](C)(C)C)ccn1. The van der Waals surface area contributed by atoms with E-state index in [-0.39, 0.29) is 0 Å². The molecule has 0 fully saturated rings. The van der Waals surface area contributed by atoms with E-state index in [0.29, 0.717) is 6.04 Å². The Labute approximate surface area is 94.1 Å². The smallest absolute Gasteiger partial charge is 0.0777 e. The van der Waals surface area contributed by atoms with Crippen LogP contribution in [-0.2, 0) is 6.54 Å². The van der Waals surface area contributed by atoms with Crippen LogP contribution in [0.1, 0.15) is 19.5 Å². The predicted molar refractivity (Wildman–Crippen MR) is 69.2 cm³/mol. The Balaban J connectivity index is 2.75. The molecule has 0 aliphatic heterocycles. The minimum Gasteiger partial charge on any atom is -0.309 e. The van der Waals surface area contributed by atoms with E-state index in [2.05, 4.69) is 55.9 Å². The molecule has 0 bridgehead atoms. The molecule has 0 aliphatic carbocycles. The monoisotopic (exact) mass is 222 g/mol. The molecule has 0 saturated heterocycles. The van der Waals surface area contributed by atoms with Crippen molar-refractivity contribution in [2.24, 2.45) is 0 Å². The van der Waals surface area contributed by atoms with Crippen LogP contribution in [0.15, 0.2) is 18.3 Å². The number of hydrogen-bond donors (Lipinski definition) is 1. The van der Waals surface area contributed by atoms with E-state index in [0.717, 1.165) is 12.2 Å². The van der Waals surface area contributed by atoms with Crippen LogP contribution in [0.5, 0.6) is 0 Å². The van der Waals surface area contributed by atoms with E-state index in [1.165, 1.54) is 5.19 Å². The van der Waals surface area contributed by atoms with E-state index < -0.39 is 8.07 Å². The Morgan fingerprint density at radius 3 is 2.53 bits per heavy atom. The second-order valence-electron chi connectivity index (χ2n) is 5.32. The molecule has 0 aromatic carbocycles. The van der Waals surface area contributed by atoms with E-state index in [1.54, 1.807) is 0 Å². The van der Waals surface area contributed by atoms with Crippen LogP contribution in [0.3, 0.4) is 0 Å². The third-order valence-electron chi connectivity index (χ3n) is 2.37. The first-order valence-corrected chi connectivity index (χ1v) is 9.08. The van der Waals surface area contributed by atoms with Gasteiger partial charge in [-0.05, 0) is 12.1 Å². The molecule has 1 rings (SSSR count). The fraction of sp³-hybridized carbons (Fsp3) is 0.583. The van der Waals surface area contributed by atoms with Crippen molar-refractivity contribution < 1.29 is 0 Å². The van der Waals surface area contributed by atoms with Gasteiger partial charge in [0.1, 0.15) is 0 Å². The highest BCUT2D eigenvalue weighted by atomic mass is 28.3. The van der Waals surface area contributed by atoms with Crippen molar-refractivity contribution in [2.75, 3.05) is 0 Å². The van der Waals surface area contributed by atoms with Crippen LogP contribution in [-0.4, -0.2) is 19.1 Å². The van der Waals surface area contributed by atoms with Gasteiger partial charge in [-0.15, -0.1) is 0 Å². The molecule has 1 heterocycles. The van der Waals surface area contributed by atoms with Gasteiger partial charge in [0.15, 0.2) is 0 Å². The van der Waals surface area contributed by atoms with E-state index in [4.69, 9.17) is 0 Å². The van der Waals surface area contributed by atoms with Gasteiger partial charge in [0.25, 0.3) is 0 Å². The molecule has 15 heavy (non-hydrogen) atoms. The summed E-state index contributed by atoms with van der Waals surface area (Å²) in [6, 6.07) is 4.93. The summed E-state index contributed by atoms with van der Waals surface area (Å²) in [5, 5.41) is 4.88. The van der Waals surface area contributed by atoms with Gasteiger partial charge in [-0.1, -0.05) is 38.7 Å². The highest BCUT2D eigenvalue weighted by Gasteiger charge is 2.16. The number of hydrogen-bond acceptors (Lipinski definition) is 2. The molecule has 1 N–H and O–H groups in total. The lowest BCUT2D eigenvalue weighted by Gasteiger charge is -2.17. The van der Waals surface area contributed by atoms with Gasteiger partial charge in [-0.3, -0.25) is 4.98 Å². The number of rotatable bonds is 4. The highest BCUT2D eigenvalue weighted by molar-refractivity contribution is 6.88. The molecule has 1 aromatic rings. The third-order valence-corrected chi connectivity index (χ3v) is 4.42. The van der Waals surface area contributed by atoms with E-state index >= 15 is 0 Å². The molecule has 0 atom stereocenters. The van der Waals surface area contributed by atoms with Crippen LogP contribution in [0.2, 0.25) is 19.6 Å². The van der Waals surface area contributed by atoms with Crippen LogP contribution in [0.4, 0.5) is 0 Å². The standard InChI is InChI=1S/C12H22N2Si/c1-10(2)14-9-11-8-12(6-7-13-11)15(3,4)5/h6-8,10,14H,9H2,1-5H3. The zero-order chi connectivity index (χ0) is 11.5. The minimum atomic E-state index is -1.19. The summed E-state index contributed by atoms with van der Waals surface area (Å²) < 4.78 is 0. The van der Waals surface area contributed by atoms with Crippen molar-refractivity contribution >= 4 is 13.3 Å². The summed E-state index contributed by atoms with van der Waals surface area (Å²) in [5.74, 6) is 0. The second kappa shape index (κ2) is 4.90. The van der Waals surface area contributed by atoms with Crippen molar-refractivity contribution in [3.05, 3.63) is 24.0 Å². The molecule has 84 valence electrons. The number of pyridine rings is 1. The highest BCUT2D eigenvalue weighted by Crippen LogP contribution is 2.03. The molecular weight excluding hydrogens is 200 g/mol. The Bertz CT molecular complexity index is 316. The molecule has 2 nitrogen and oxygen atoms in total. The molecule has 3 heteroatoms. The first kappa shape index (κ1) is 12.4. The summed E-state index contributed by atoms with van der Waals surface area (Å²) in [6.45, 7) is 12.3. The average molecular weight is 222 g/mol. The van der Waals surface area contributed by atoms with E-state index in [1.807, 2.05) is 6.20 Å². The van der Waals surface area contributed by atoms with Crippen molar-refractivity contribution in [3.8, 4) is 0 Å². The maximum Gasteiger partial charge on any atom is 0.0777 e. The molecule has 0 amide bonds. The third kappa shape index (κ3) is 4.14. The maximum absolute atomic E-state index is 4.38. The Morgan fingerprint density at radius 1 is 1.33 bits per heavy atom. The van der Waals surface area contributed by atoms with Gasteiger partial charge in [-0.25, -0.2) is 0 Å². The van der Waals surface area contributed by atoms with Gasteiger partial charge >= 0.3 is 0 Å². The van der Waals surface area contributed by atoms with Gasteiger partial charge in [0.2, 0.25) is 0 Å². The maximum atomic E-state index is 4.38. The number of nitrogens with one attached hydrogen (secondary N) is 1. The molecule has 0 radical (unpaired) electrons. The van der Waals surface area contributed by atoms with E-state index in [9.17, 15) is 0 Å². The first-order chi connectivity index (χ1) is 6.89. The fourth-order valence-corrected chi connectivity index (χ4v) is 2.52. The second-order valence-corrected chi connectivity index (χ2v) is 10.4.